The Labute approximate surface area is 159 Å². The predicted octanol–water partition coefficient (Wildman–Crippen LogP) is 2.80. The molecule has 4 rings (SSSR count). The number of fused-ring (bicyclic) bond motifs is 1. The van der Waals surface area contributed by atoms with Gasteiger partial charge in [0.1, 0.15) is 11.5 Å². The summed E-state index contributed by atoms with van der Waals surface area (Å²) in [5.41, 5.74) is 7.34. The number of rotatable bonds is 3. The lowest BCUT2D eigenvalue weighted by atomic mass is 9.96. The van der Waals surface area contributed by atoms with Crippen LogP contribution in [0.5, 0.6) is 0 Å². The van der Waals surface area contributed by atoms with E-state index in [9.17, 15) is 4.39 Å². The zero-order valence-corrected chi connectivity index (χ0v) is 15.5. The van der Waals surface area contributed by atoms with Crippen LogP contribution in [-0.4, -0.2) is 56.5 Å². The molecule has 2 N–H and O–H groups in total. The molecule has 0 amide bonds. The summed E-state index contributed by atoms with van der Waals surface area (Å²) in [5, 5.41) is 8.83. The Balaban J connectivity index is 1.43. The maximum Gasteiger partial charge on any atom is 0.132 e. The summed E-state index contributed by atoms with van der Waals surface area (Å²) in [6.07, 6.45) is 3.13. The molecule has 0 aliphatic carbocycles. The van der Waals surface area contributed by atoms with Gasteiger partial charge in [0.15, 0.2) is 0 Å². The molecule has 27 heavy (non-hydrogen) atoms. The first-order valence-electron chi connectivity index (χ1n) is 9.77. The minimum absolute atomic E-state index is 0.00851. The fourth-order valence-electron chi connectivity index (χ4n) is 4.07. The third-order valence-electron chi connectivity index (χ3n) is 5.66. The van der Waals surface area contributed by atoms with Crippen LogP contribution in [0.2, 0.25) is 0 Å². The highest BCUT2D eigenvalue weighted by Gasteiger charge is 2.33. The molecule has 0 aromatic heterocycles. The van der Waals surface area contributed by atoms with Crippen molar-refractivity contribution >= 4 is 5.70 Å². The molecule has 0 unspecified atom stereocenters. The van der Waals surface area contributed by atoms with E-state index in [1.165, 1.54) is 6.07 Å². The lowest BCUT2D eigenvalue weighted by Crippen LogP contribution is -2.49. The SMILES string of the molecule is N/C1=C(c2ccccc2F)\N=N/[C@H]2CCN(CC3CCOCC3)C[C@H]2OC1. The number of azo groups is 1. The van der Waals surface area contributed by atoms with Gasteiger partial charge in [0.2, 0.25) is 0 Å². The number of likely N-dealkylation sites (tertiary alicyclic amines) is 1. The molecule has 1 aromatic rings. The molecule has 2 atom stereocenters. The number of nitrogens with two attached hydrogens (primary N) is 1. The van der Waals surface area contributed by atoms with Crippen molar-refractivity contribution in [1.82, 2.24) is 4.90 Å². The van der Waals surface area contributed by atoms with E-state index in [0.29, 0.717) is 22.9 Å². The second kappa shape index (κ2) is 8.46. The molecule has 6 nitrogen and oxygen atoms in total. The molecule has 0 saturated carbocycles. The zero-order valence-electron chi connectivity index (χ0n) is 15.5. The first kappa shape index (κ1) is 18.5. The highest BCUT2D eigenvalue weighted by Crippen LogP contribution is 2.28. The van der Waals surface area contributed by atoms with Crippen molar-refractivity contribution in [3.63, 3.8) is 0 Å². The zero-order chi connectivity index (χ0) is 18.6. The molecule has 3 aliphatic heterocycles. The van der Waals surface area contributed by atoms with Crippen molar-refractivity contribution in [3.05, 3.63) is 41.3 Å². The smallest absolute Gasteiger partial charge is 0.132 e. The van der Waals surface area contributed by atoms with Crippen LogP contribution < -0.4 is 5.73 Å². The second-order valence-electron chi connectivity index (χ2n) is 7.59. The Kier molecular flexibility index (Phi) is 5.80. The minimum Gasteiger partial charge on any atom is -0.398 e. The van der Waals surface area contributed by atoms with E-state index >= 15 is 0 Å². The van der Waals surface area contributed by atoms with Crippen molar-refractivity contribution in [3.8, 4) is 0 Å². The first-order chi connectivity index (χ1) is 13.2. The summed E-state index contributed by atoms with van der Waals surface area (Å²) in [6, 6.07) is 6.49. The third-order valence-corrected chi connectivity index (χ3v) is 5.66. The van der Waals surface area contributed by atoms with Gasteiger partial charge in [-0.2, -0.15) is 10.2 Å². The van der Waals surface area contributed by atoms with Gasteiger partial charge in [-0.1, -0.05) is 12.1 Å². The van der Waals surface area contributed by atoms with E-state index in [1.807, 2.05) is 0 Å². The maximum atomic E-state index is 14.1. The molecule has 0 bridgehead atoms. The van der Waals surface area contributed by atoms with Crippen molar-refractivity contribution in [2.45, 2.75) is 31.4 Å². The summed E-state index contributed by atoms with van der Waals surface area (Å²) in [6.45, 7) is 4.89. The van der Waals surface area contributed by atoms with Crippen molar-refractivity contribution in [2.24, 2.45) is 21.9 Å². The van der Waals surface area contributed by atoms with Crippen molar-refractivity contribution < 1.29 is 13.9 Å². The average Bonchev–Trinajstić information content (AvgIpc) is 2.68. The minimum atomic E-state index is -0.349. The second-order valence-corrected chi connectivity index (χ2v) is 7.59. The van der Waals surface area contributed by atoms with Gasteiger partial charge < -0.3 is 20.1 Å². The van der Waals surface area contributed by atoms with Crippen molar-refractivity contribution in [1.29, 1.82) is 0 Å². The lowest BCUT2D eigenvalue weighted by molar-refractivity contribution is -0.0169. The van der Waals surface area contributed by atoms with Gasteiger partial charge in [0.05, 0.1) is 24.4 Å². The van der Waals surface area contributed by atoms with Crippen LogP contribution in [0.4, 0.5) is 4.39 Å². The predicted molar refractivity (Wildman–Crippen MR) is 100 cm³/mol. The Bertz CT molecular complexity index is 718. The van der Waals surface area contributed by atoms with Crippen LogP contribution in [-0.2, 0) is 9.47 Å². The molecule has 2 saturated heterocycles. The monoisotopic (exact) mass is 374 g/mol. The molecule has 2 fully saturated rings. The first-order valence-corrected chi connectivity index (χ1v) is 9.77. The van der Waals surface area contributed by atoms with E-state index in [0.717, 1.165) is 52.1 Å². The molecule has 1 aromatic carbocycles. The highest BCUT2D eigenvalue weighted by molar-refractivity contribution is 5.67. The molecule has 3 aliphatic rings. The Morgan fingerprint density at radius 1 is 1.19 bits per heavy atom. The topological polar surface area (TPSA) is 72.4 Å². The van der Waals surface area contributed by atoms with Crippen LogP contribution in [0.3, 0.4) is 0 Å². The molecular formula is C20H27FN4O2. The number of piperidine rings is 1. The van der Waals surface area contributed by atoms with E-state index in [1.54, 1.807) is 18.2 Å². The highest BCUT2D eigenvalue weighted by atomic mass is 19.1. The fraction of sp³-hybridized carbons (Fsp3) is 0.600. The van der Waals surface area contributed by atoms with Gasteiger partial charge in [-0.05, 0) is 37.3 Å². The molecular weight excluding hydrogens is 347 g/mol. The van der Waals surface area contributed by atoms with E-state index < -0.39 is 0 Å². The van der Waals surface area contributed by atoms with Crippen LogP contribution in [0.25, 0.3) is 5.70 Å². The maximum absolute atomic E-state index is 14.1. The van der Waals surface area contributed by atoms with Gasteiger partial charge in [-0.15, -0.1) is 0 Å². The van der Waals surface area contributed by atoms with Crippen LogP contribution >= 0.6 is 0 Å². The van der Waals surface area contributed by atoms with Gasteiger partial charge in [0, 0.05) is 38.4 Å². The molecule has 146 valence electrons. The normalized spacial score (nSPS) is 31.7. The van der Waals surface area contributed by atoms with E-state index in [2.05, 4.69) is 15.1 Å². The Morgan fingerprint density at radius 2 is 2.00 bits per heavy atom. The summed E-state index contributed by atoms with van der Waals surface area (Å²) in [4.78, 5) is 2.46. The Hall–Kier alpha value is -1.83. The summed E-state index contributed by atoms with van der Waals surface area (Å²) < 4.78 is 25.7. The van der Waals surface area contributed by atoms with E-state index in [4.69, 9.17) is 15.2 Å². The van der Waals surface area contributed by atoms with Crippen molar-refractivity contribution in [2.75, 3.05) is 39.5 Å². The quantitative estimate of drug-likeness (QED) is 0.883. The number of hydrogen-bond donors (Lipinski definition) is 1. The largest absolute Gasteiger partial charge is 0.398 e. The Morgan fingerprint density at radius 3 is 2.81 bits per heavy atom. The number of nitrogens with zero attached hydrogens (tertiary/aromatic N) is 3. The van der Waals surface area contributed by atoms with Crippen LogP contribution in [0.1, 0.15) is 24.8 Å². The number of ether oxygens (including phenoxy) is 2. The summed E-state index contributed by atoms with van der Waals surface area (Å²) >= 11 is 0. The fourth-order valence-corrected chi connectivity index (χ4v) is 4.07. The number of benzene rings is 1. The molecule has 7 heteroatoms. The molecule has 0 radical (unpaired) electrons. The average molecular weight is 374 g/mol. The number of hydrogen-bond acceptors (Lipinski definition) is 6. The third kappa shape index (κ3) is 4.36. The molecule has 0 spiro atoms. The molecule has 3 heterocycles. The van der Waals surface area contributed by atoms with E-state index in [-0.39, 0.29) is 24.6 Å². The summed E-state index contributed by atoms with van der Waals surface area (Å²) in [7, 11) is 0. The van der Waals surface area contributed by atoms with Gasteiger partial charge in [0.25, 0.3) is 0 Å². The van der Waals surface area contributed by atoms with Crippen LogP contribution in [0.15, 0.2) is 40.2 Å². The van der Waals surface area contributed by atoms with Gasteiger partial charge in [-0.25, -0.2) is 4.39 Å². The van der Waals surface area contributed by atoms with Gasteiger partial charge in [-0.3, -0.25) is 0 Å². The van der Waals surface area contributed by atoms with Gasteiger partial charge >= 0.3 is 0 Å². The lowest BCUT2D eigenvalue weighted by Gasteiger charge is -2.39. The summed E-state index contributed by atoms with van der Waals surface area (Å²) in [5.74, 6) is 0.348. The standard InChI is InChI=1S/C20H27FN4O2/c21-16-4-2-1-3-15(16)20-17(22)13-27-19-12-25(8-5-18(19)23-24-20)11-14-6-9-26-10-7-14/h1-4,14,18-19H,5-13,22H2/b20-17-,24-23-/t18-,19+/m0/s1. The van der Waals surface area contributed by atoms with Crippen LogP contribution in [0, 0.1) is 11.7 Å². The number of halogens is 1.